The Morgan fingerprint density at radius 2 is 1.14 bits per heavy atom. The lowest BCUT2D eigenvalue weighted by molar-refractivity contribution is 0.0851. The molecule has 4 heterocycles. The first-order chi connectivity index (χ1) is 35.4. The standard InChI is InChI=1S/C37H46N4O3.C19H18FN3O5S/c42-36-40(28-31-17-8-3-9-18-31)34-20-10-11-21-35(34)41(36)33-22-24-39(37(43)44)32(25-33)19-12-23-38(26-29-13-4-1-5-14-29)27-30-15-6-2-7-16-30;20-13-5-7-15(8-6-13)29(27,28)23-17-4-2-1-3-16(17)22(18(23)24)14-9-11-21(12-10-14)19(25)26/h1-2,4-7,10-11,13-16,20-21,31-33H,3,8-9,12,17-19,22-28H2,(H,43,44);1-8,14H,9-12H2,(H,25,26)/t32-,33?;/m0./s1. The summed E-state index contributed by atoms with van der Waals surface area (Å²) in [6.45, 7) is 4.33. The molecule has 384 valence electrons. The number of likely N-dealkylation sites (tertiary alicyclic amines) is 2. The van der Waals surface area contributed by atoms with Gasteiger partial charge in [0, 0.05) is 57.4 Å². The molecule has 3 fully saturated rings. The molecule has 7 aromatic rings. The number of fused-ring (bicyclic) bond motifs is 2. The van der Waals surface area contributed by atoms with Gasteiger partial charge in [0.25, 0.3) is 10.0 Å². The van der Waals surface area contributed by atoms with Crippen LogP contribution in [0.15, 0.2) is 148 Å². The van der Waals surface area contributed by atoms with Gasteiger partial charge in [0.15, 0.2) is 0 Å². The number of rotatable bonds is 14. The molecule has 5 aromatic carbocycles. The Hall–Kier alpha value is -6.98. The minimum Gasteiger partial charge on any atom is -0.465 e. The zero-order valence-electron chi connectivity index (χ0n) is 41.0. The molecule has 0 bridgehead atoms. The van der Waals surface area contributed by atoms with E-state index in [1.807, 2.05) is 33.4 Å². The van der Waals surface area contributed by atoms with Crippen molar-refractivity contribution in [2.24, 2.45) is 5.92 Å². The maximum absolute atomic E-state index is 14.0. The van der Waals surface area contributed by atoms with Gasteiger partial charge in [0.1, 0.15) is 5.82 Å². The summed E-state index contributed by atoms with van der Waals surface area (Å²) in [5, 5.41) is 19.2. The van der Waals surface area contributed by atoms with Gasteiger partial charge in [-0.1, -0.05) is 104 Å². The number of amides is 2. The Bertz CT molecular complexity index is 3190. The second-order valence-corrected chi connectivity index (χ2v) is 21.5. The molecule has 2 aliphatic heterocycles. The van der Waals surface area contributed by atoms with Crippen molar-refractivity contribution in [3.63, 3.8) is 0 Å². The third kappa shape index (κ3) is 11.5. The predicted molar refractivity (Wildman–Crippen MR) is 279 cm³/mol. The number of carbonyl (C=O) groups is 2. The van der Waals surface area contributed by atoms with E-state index in [0.717, 1.165) is 78.3 Å². The fourth-order valence-electron chi connectivity index (χ4n) is 11.4. The van der Waals surface area contributed by atoms with Gasteiger partial charge in [-0.05, 0) is 123 Å². The number of aromatic nitrogens is 4. The van der Waals surface area contributed by atoms with Crippen molar-refractivity contribution in [2.75, 3.05) is 26.2 Å². The molecule has 2 aromatic heterocycles. The Morgan fingerprint density at radius 1 is 0.603 bits per heavy atom. The van der Waals surface area contributed by atoms with Gasteiger partial charge in [0.05, 0.1) is 27.0 Å². The maximum atomic E-state index is 14.0. The largest absolute Gasteiger partial charge is 0.465 e. The van der Waals surface area contributed by atoms with E-state index >= 15 is 0 Å². The number of nitrogens with zero attached hydrogens (tertiary/aromatic N) is 7. The van der Waals surface area contributed by atoms with Crippen molar-refractivity contribution in [3.8, 4) is 0 Å². The first-order valence-electron chi connectivity index (χ1n) is 25.6. The summed E-state index contributed by atoms with van der Waals surface area (Å²) in [6, 6.07) is 39.6. The number of benzene rings is 5. The quantitative estimate of drug-likeness (QED) is 0.108. The van der Waals surface area contributed by atoms with E-state index in [1.54, 1.807) is 29.2 Å². The summed E-state index contributed by atoms with van der Waals surface area (Å²) in [7, 11) is -4.24. The summed E-state index contributed by atoms with van der Waals surface area (Å²) >= 11 is 0. The number of hydrogen-bond acceptors (Lipinski definition) is 7. The Balaban J connectivity index is 0.000000196. The van der Waals surface area contributed by atoms with Crippen molar-refractivity contribution in [3.05, 3.63) is 171 Å². The molecule has 2 saturated heterocycles. The van der Waals surface area contributed by atoms with Crippen molar-refractivity contribution in [1.29, 1.82) is 0 Å². The molecule has 3 aliphatic rings. The van der Waals surface area contributed by atoms with Gasteiger partial charge < -0.3 is 20.0 Å². The van der Waals surface area contributed by atoms with Gasteiger partial charge in [-0.15, -0.1) is 0 Å². The van der Waals surface area contributed by atoms with Crippen molar-refractivity contribution < 1.29 is 32.6 Å². The summed E-state index contributed by atoms with van der Waals surface area (Å²) in [6.07, 6.45) is 8.10. The van der Waals surface area contributed by atoms with Crippen LogP contribution in [-0.4, -0.2) is 95.4 Å². The van der Waals surface area contributed by atoms with Crippen LogP contribution in [0.2, 0.25) is 0 Å². The molecule has 15 nitrogen and oxygen atoms in total. The van der Waals surface area contributed by atoms with Crippen LogP contribution >= 0.6 is 0 Å². The van der Waals surface area contributed by atoms with Crippen LogP contribution in [0.3, 0.4) is 0 Å². The van der Waals surface area contributed by atoms with E-state index in [-0.39, 0.29) is 47.3 Å². The van der Waals surface area contributed by atoms with Crippen LogP contribution in [0, 0.1) is 11.7 Å². The SMILES string of the molecule is O=C(O)N1CCC(n2c(=O)n(CC3CCCCC3)c3ccccc32)C[C@@H]1CCCN(Cc1ccccc1)Cc1ccccc1.O=C(O)N1CCC(n2c(=O)n(S(=O)(=O)c3ccc(F)cc3)c3ccccc32)CC1. The average molecular weight is 1010 g/mol. The first kappa shape index (κ1) is 50.9. The van der Waals surface area contributed by atoms with Crippen LogP contribution in [0.25, 0.3) is 22.1 Å². The molecular formula is C56H64FN7O8S. The molecule has 0 spiro atoms. The monoisotopic (exact) mass is 1010 g/mol. The van der Waals surface area contributed by atoms with Crippen molar-refractivity contribution in [1.82, 2.24) is 32.4 Å². The fraction of sp³-hybridized carbons (Fsp3) is 0.393. The highest BCUT2D eigenvalue weighted by Crippen LogP contribution is 2.33. The number of para-hydroxylation sites is 4. The first-order valence-corrected chi connectivity index (χ1v) is 27.0. The third-order valence-corrected chi connectivity index (χ3v) is 16.7. The Kier molecular flexibility index (Phi) is 15.9. The Morgan fingerprint density at radius 3 is 1.73 bits per heavy atom. The number of carboxylic acid groups (broad SMARTS) is 2. The lowest BCUT2D eigenvalue weighted by Crippen LogP contribution is -2.47. The predicted octanol–water partition coefficient (Wildman–Crippen LogP) is 10.0. The van der Waals surface area contributed by atoms with E-state index in [2.05, 4.69) is 65.6 Å². The second-order valence-electron chi connectivity index (χ2n) is 19.8. The van der Waals surface area contributed by atoms with Gasteiger partial charge in [-0.2, -0.15) is 3.97 Å². The van der Waals surface area contributed by atoms with Crippen LogP contribution in [-0.2, 0) is 29.7 Å². The van der Waals surface area contributed by atoms with Crippen LogP contribution < -0.4 is 11.4 Å². The average Bonchev–Trinajstić information content (AvgIpc) is 3.86. The Labute approximate surface area is 424 Å². The minimum absolute atomic E-state index is 0.00894. The lowest BCUT2D eigenvalue weighted by atomic mass is 9.89. The summed E-state index contributed by atoms with van der Waals surface area (Å²) in [4.78, 5) is 55.9. The molecule has 2 N–H and O–H groups in total. The highest BCUT2D eigenvalue weighted by atomic mass is 32.2. The van der Waals surface area contributed by atoms with Crippen molar-refractivity contribution >= 4 is 44.3 Å². The fourth-order valence-corrected chi connectivity index (χ4v) is 12.8. The molecule has 0 radical (unpaired) electrons. The van der Waals surface area contributed by atoms with Gasteiger partial charge in [-0.3, -0.25) is 18.6 Å². The topological polar surface area (TPSA) is 172 Å². The van der Waals surface area contributed by atoms with E-state index in [1.165, 1.54) is 52.7 Å². The summed E-state index contributed by atoms with van der Waals surface area (Å²) in [5.41, 5.74) is 4.58. The maximum Gasteiger partial charge on any atom is 0.407 e. The second kappa shape index (κ2) is 22.8. The van der Waals surface area contributed by atoms with Crippen LogP contribution in [0.5, 0.6) is 0 Å². The summed E-state index contributed by atoms with van der Waals surface area (Å²) < 4.78 is 45.7. The van der Waals surface area contributed by atoms with Crippen LogP contribution in [0.1, 0.15) is 93.8 Å². The smallest absolute Gasteiger partial charge is 0.407 e. The van der Waals surface area contributed by atoms with Crippen molar-refractivity contribution in [2.45, 2.75) is 113 Å². The zero-order chi connectivity index (χ0) is 51.1. The number of piperidine rings is 2. The highest BCUT2D eigenvalue weighted by Gasteiger charge is 2.35. The molecule has 73 heavy (non-hydrogen) atoms. The molecule has 1 unspecified atom stereocenters. The summed E-state index contributed by atoms with van der Waals surface area (Å²) in [5.74, 6) is -0.0269. The normalized spacial score (nSPS) is 18.0. The van der Waals surface area contributed by atoms with Crippen LogP contribution in [0.4, 0.5) is 14.0 Å². The third-order valence-electron chi connectivity index (χ3n) is 15.0. The minimum atomic E-state index is -4.24. The molecule has 10 rings (SSSR count). The molecule has 1 saturated carbocycles. The molecular weight excluding hydrogens is 950 g/mol. The highest BCUT2D eigenvalue weighted by molar-refractivity contribution is 7.90. The lowest BCUT2D eigenvalue weighted by Gasteiger charge is -2.38. The molecule has 2 amide bonds. The molecule has 2 atom stereocenters. The number of hydrogen-bond donors (Lipinski definition) is 2. The van der Waals surface area contributed by atoms with Gasteiger partial charge in [-0.25, -0.2) is 32.0 Å². The molecule has 17 heteroatoms. The zero-order valence-corrected chi connectivity index (χ0v) is 41.8. The number of imidazole rings is 2. The number of halogens is 1. The van der Waals surface area contributed by atoms with E-state index < -0.39 is 33.7 Å². The van der Waals surface area contributed by atoms with Gasteiger partial charge >= 0.3 is 23.6 Å². The molecule has 1 aliphatic carbocycles. The van der Waals surface area contributed by atoms with E-state index in [0.29, 0.717) is 43.7 Å². The van der Waals surface area contributed by atoms with Gasteiger partial charge in [0.2, 0.25) is 0 Å². The van der Waals surface area contributed by atoms with E-state index in [4.69, 9.17) is 5.11 Å². The van der Waals surface area contributed by atoms with E-state index in [9.17, 15) is 37.1 Å².